The summed E-state index contributed by atoms with van der Waals surface area (Å²) in [6, 6.07) is 13.7. The normalized spacial score (nSPS) is 10.8. The van der Waals surface area contributed by atoms with Gasteiger partial charge in [0.15, 0.2) is 0 Å². The highest BCUT2D eigenvalue weighted by Gasteiger charge is 2.18. The van der Waals surface area contributed by atoms with Crippen molar-refractivity contribution in [2.75, 3.05) is 0 Å². The molecule has 2 aromatic carbocycles. The number of hydrogen-bond donors (Lipinski definition) is 0. The van der Waals surface area contributed by atoms with E-state index >= 15 is 0 Å². The van der Waals surface area contributed by atoms with Crippen molar-refractivity contribution in [3.05, 3.63) is 76.9 Å². The van der Waals surface area contributed by atoms with Crippen molar-refractivity contribution in [2.45, 2.75) is 30.6 Å². The minimum absolute atomic E-state index is 0.151. The second-order valence-corrected chi connectivity index (χ2v) is 6.72. The fourth-order valence-electron chi connectivity index (χ4n) is 2.41. The van der Waals surface area contributed by atoms with Crippen molar-refractivity contribution < 1.29 is 9.18 Å². The van der Waals surface area contributed by atoms with E-state index in [1.54, 1.807) is 24.3 Å². The van der Waals surface area contributed by atoms with E-state index in [0.29, 0.717) is 5.56 Å². The molecule has 0 unspecified atom stereocenters. The van der Waals surface area contributed by atoms with E-state index in [2.05, 4.69) is 5.10 Å². The van der Waals surface area contributed by atoms with Gasteiger partial charge in [-0.3, -0.25) is 4.79 Å². The second kappa shape index (κ2) is 6.61. The first kappa shape index (κ1) is 16.5. The number of nitrogens with zero attached hydrogens (tertiary/aromatic N) is 2. The summed E-state index contributed by atoms with van der Waals surface area (Å²) >= 11 is 1.48. The van der Waals surface area contributed by atoms with Gasteiger partial charge in [-0.05, 0) is 57.2 Å². The van der Waals surface area contributed by atoms with Crippen LogP contribution in [-0.2, 0) is 0 Å². The van der Waals surface area contributed by atoms with Gasteiger partial charge in [-0.2, -0.15) is 9.78 Å². The molecule has 1 aromatic heterocycles. The van der Waals surface area contributed by atoms with Crippen molar-refractivity contribution in [1.82, 2.24) is 9.78 Å². The summed E-state index contributed by atoms with van der Waals surface area (Å²) in [7, 11) is 0. The molecule has 0 fully saturated rings. The number of aryl methyl sites for hydroxylation is 2. The number of carbonyl (C=O) groups is 1. The number of carbonyl (C=O) groups excluding carboxylic acids is 1. The first-order chi connectivity index (χ1) is 11.5. The van der Waals surface area contributed by atoms with E-state index in [1.165, 1.54) is 28.6 Å². The van der Waals surface area contributed by atoms with Gasteiger partial charge in [0.25, 0.3) is 5.91 Å². The molecule has 3 rings (SSSR count). The third-order valence-corrected chi connectivity index (χ3v) is 5.05. The van der Waals surface area contributed by atoms with Crippen LogP contribution in [0.4, 0.5) is 4.39 Å². The molecule has 1 heterocycles. The number of halogens is 1. The highest BCUT2D eigenvalue weighted by molar-refractivity contribution is 7.99. The highest BCUT2D eigenvalue weighted by atomic mass is 32.2. The van der Waals surface area contributed by atoms with E-state index in [1.807, 2.05) is 32.9 Å². The Morgan fingerprint density at radius 1 is 1.00 bits per heavy atom. The average Bonchev–Trinajstić information content (AvgIpc) is 2.85. The summed E-state index contributed by atoms with van der Waals surface area (Å²) < 4.78 is 14.5. The standard InChI is InChI=1S/C19H17FN2OS/c1-12-4-6-15(7-5-12)19(23)22-14(3)18(13(2)21-22)24-17-10-8-16(20)9-11-17/h4-11H,1-3H3. The van der Waals surface area contributed by atoms with Crippen molar-refractivity contribution >= 4 is 17.7 Å². The molecule has 24 heavy (non-hydrogen) atoms. The Morgan fingerprint density at radius 3 is 2.25 bits per heavy atom. The molecule has 0 radical (unpaired) electrons. The van der Waals surface area contributed by atoms with Crippen LogP contribution in [0.15, 0.2) is 58.3 Å². The van der Waals surface area contributed by atoms with Crippen LogP contribution in [0.5, 0.6) is 0 Å². The number of hydrogen-bond acceptors (Lipinski definition) is 3. The van der Waals surface area contributed by atoms with Crippen LogP contribution >= 0.6 is 11.8 Å². The third-order valence-electron chi connectivity index (χ3n) is 3.75. The van der Waals surface area contributed by atoms with E-state index in [-0.39, 0.29) is 11.7 Å². The average molecular weight is 340 g/mol. The van der Waals surface area contributed by atoms with Crippen molar-refractivity contribution in [1.29, 1.82) is 0 Å². The van der Waals surface area contributed by atoms with Crippen molar-refractivity contribution in [3.63, 3.8) is 0 Å². The molecular formula is C19H17FN2OS. The van der Waals surface area contributed by atoms with Crippen LogP contribution in [0.1, 0.15) is 27.3 Å². The fraction of sp³-hybridized carbons (Fsp3) is 0.158. The summed E-state index contributed by atoms with van der Waals surface area (Å²) in [6.07, 6.45) is 0. The van der Waals surface area contributed by atoms with Gasteiger partial charge in [0.05, 0.1) is 16.3 Å². The van der Waals surface area contributed by atoms with Crippen LogP contribution in [0.25, 0.3) is 0 Å². The molecule has 0 bridgehead atoms. The van der Waals surface area contributed by atoms with E-state index in [0.717, 1.165) is 26.7 Å². The molecule has 3 nitrogen and oxygen atoms in total. The molecule has 0 N–H and O–H groups in total. The molecule has 0 amide bonds. The molecule has 0 aliphatic carbocycles. The summed E-state index contributed by atoms with van der Waals surface area (Å²) in [5.74, 6) is -0.417. The Kier molecular flexibility index (Phi) is 4.53. The van der Waals surface area contributed by atoms with Gasteiger partial charge in [-0.25, -0.2) is 4.39 Å². The van der Waals surface area contributed by atoms with Crippen LogP contribution < -0.4 is 0 Å². The second-order valence-electron chi connectivity index (χ2n) is 5.64. The van der Waals surface area contributed by atoms with Gasteiger partial charge in [0.1, 0.15) is 5.82 Å². The van der Waals surface area contributed by atoms with Gasteiger partial charge < -0.3 is 0 Å². The summed E-state index contributed by atoms with van der Waals surface area (Å²) in [5, 5.41) is 4.39. The molecule has 0 saturated carbocycles. The number of aromatic nitrogens is 2. The van der Waals surface area contributed by atoms with E-state index in [9.17, 15) is 9.18 Å². The summed E-state index contributed by atoms with van der Waals surface area (Å²) in [6.45, 7) is 5.73. The smallest absolute Gasteiger partial charge is 0.267 e. The first-order valence-electron chi connectivity index (χ1n) is 7.56. The molecule has 3 aromatic rings. The topological polar surface area (TPSA) is 34.9 Å². The number of rotatable bonds is 3. The summed E-state index contributed by atoms with van der Waals surface area (Å²) in [4.78, 5) is 14.5. The predicted octanol–water partition coefficient (Wildman–Crippen LogP) is 4.79. The Hall–Kier alpha value is -2.40. The molecule has 0 aliphatic heterocycles. The van der Waals surface area contributed by atoms with E-state index in [4.69, 9.17) is 0 Å². The minimum Gasteiger partial charge on any atom is -0.267 e. The quantitative estimate of drug-likeness (QED) is 0.688. The zero-order chi connectivity index (χ0) is 17.3. The van der Waals surface area contributed by atoms with Gasteiger partial charge >= 0.3 is 0 Å². The van der Waals surface area contributed by atoms with Gasteiger partial charge in [-0.1, -0.05) is 29.5 Å². The summed E-state index contributed by atoms with van der Waals surface area (Å²) in [5.41, 5.74) is 3.27. The molecule has 5 heteroatoms. The minimum atomic E-state index is -0.266. The van der Waals surface area contributed by atoms with Gasteiger partial charge in [-0.15, -0.1) is 0 Å². The zero-order valence-corrected chi connectivity index (χ0v) is 14.5. The van der Waals surface area contributed by atoms with E-state index < -0.39 is 0 Å². The van der Waals surface area contributed by atoms with Crippen molar-refractivity contribution in [2.24, 2.45) is 0 Å². The van der Waals surface area contributed by atoms with Crippen LogP contribution in [0.2, 0.25) is 0 Å². The Balaban J connectivity index is 1.92. The van der Waals surface area contributed by atoms with Crippen LogP contribution in [0.3, 0.4) is 0 Å². The molecule has 122 valence electrons. The molecular weight excluding hydrogens is 323 g/mol. The molecule has 0 spiro atoms. The van der Waals surface area contributed by atoms with Gasteiger partial charge in [0, 0.05) is 10.5 Å². The Bertz CT molecular complexity index is 883. The molecule has 0 aliphatic rings. The largest absolute Gasteiger partial charge is 0.278 e. The monoisotopic (exact) mass is 340 g/mol. The predicted molar refractivity (Wildman–Crippen MR) is 93.1 cm³/mol. The Labute approximate surface area is 144 Å². The lowest BCUT2D eigenvalue weighted by Crippen LogP contribution is -2.15. The SMILES string of the molecule is Cc1ccc(C(=O)n2nc(C)c(Sc3ccc(F)cc3)c2C)cc1. The maximum Gasteiger partial charge on any atom is 0.278 e. The van der Waals surface area contributed by atoms with Crippen LogP contribution in [0, 0.1) is 26.6 Å². The van der Waals surface area contributed by atoms with Crippen molar-refractivity contribution in [3.8, 4) is 0 Å². The maximum atomic E-state index is 13.0. The third kappa shape index (κ3) is 3.26. The lowest BCUT2D eigenvalue weighted by Gasteiger charge is -2.05. The number of benzene rings is 2. The highest BCUT2D eigenvalue weighted by Crippen LogP contribution is 2.33. The molecule has 0 saturated heterocycles. The van der Waals surface area contributed by atoms with Gasteiger partial charge in [0.2, 0.25) is 0 Å². The zero-order valence-electron chi connectivity index (χ0n) is 13.7. The maximum absolute atomic E-state index is 13.0. The Morgan fingerprint density at radius 2 is 1.62 bits per heavy atom. The lowest BCUT2D eigenvalue weighted by atomic mass is 10.1. The lowest BCUT2D eigenvalue weighted by molar-refractivity contribution is 0.0942. The molecule has 0 atom stereocenters. The fourth-order valence-corrected chi connectivity index (χ4v) is 3.34. The van der Waals surface area contributed by atoms with Crippen LogP contribution in [-0.4, -0.2) is 15.7 Å². The first-order valence-corrected chi connectivity index (χ1v) is 8.38.